The molecular weight excluding hydrogens is 328 g/mol. The average molecular weight is 351 g/mol. The standard InChI is InChI=1S/C17H22N4O2.ClH/c1-4-23-17(22)19-14-10-11-15(20-16(14)21(2)3)18-12-13-8-6-5-7-9-13;/h5-11H,4,12H2,1-3H3,(H,18,20)(H,19,22);1H. The van der Waals surface area contributed by atoms with E-state index in [1.165, 1.54) is 5.56 Å². The Bertz CT molecular complexity index is 650. The van der Waals surface area contributed by atoms with Crippen molar-refractivity contribution in [1.82, 2.24) is 4.98 Å². The highest BCUT2D eigenvalue weighted by atomic mass is 35.5. The second-order valence-corrected chi connectivity index (χ2v) is 5.28. The minimum atomic E-state index is -0.471. The van der Waals surface area contributed by atoms with Gasteiger partial charge in [-0.05, 0) is 24.6 Å². The number of benzene rings is 1. The van der Waals surface area contributed by atoms with Crippen molar-refractivity contribution in [2.24, 2.45) is 0 Å². The third-order valence-corrected chi connectivity index (χ3v) is 3.20. The van der Waals surface area contributed by atoms with Gasteiger partial charge < -0.3 is 22.5 Å². The molecule has 3 N–H and O–H groups in total. The Kier molecular flexibility index (Phi) is 8.01. The zero-order chi connectivity index (χ0) is 16.7. The Morgan fingerprint density at radius 2 is 1.88 bits per heavy atom. The van der Waals surface area contributed by atoms with Gasteiger partial charge in [-0.1, -0.05) is 30.3 Å². The molecule has 0 aliphatic carbocycles. The van der Waals surface area contributed by atoms with Gasteiger partial charge in [0, 0.05) is 6.54 Å². The fraction of sp³-hybridized carbons (Fsp3) is 0.294. The van der Waals surface area contributed by atoms with Gasteiger partial charge in [-0.2, -0.15) is 4.98 Å². The van der Waals surface area contributed by atoms with Crippen molar-refractivity contribution in [2.45, 2.75) is 13.5 Å². The molecular formula is C17H23ClN4O2. The number of quaternary nitrogens is 1. The quantitative estimate of drug-likeness (QED) is 0.628. The van der Waals surface area contributed by atoms with Crippen LogP contribution in [-0.4, -0.2) is 31.8 Å². The number of pyridine rings is 1. The smallest absolute Gasteiger partial charge is 0.411 e. The Labute approximate surface area is 148 Å². The van der Waals surface area contributed by atoms with Crippen molar-refractivity contribution in [3.63, 3.8) is 0 Å². The molecule has 0 bridgehead atoms. The molecule has 2 rings (SSSR count). The van der Waals surface area contributed by atoms with E-state index in [1.807, 2.05) is 44.4 Å². The lowest BCUT2D eigenvalue weighted by molar-refractivity contribution is -0.788. The first-order valence-electron chi connectivity index (χ1n) is 7.63. The molecule has 0 unspecified atom stereocenters. The van der Waals surface area contributed by atoms with Crippen molar-refractivity contribution in [1.29, 1.82) is 0 Å². The Morgan fingerprint density at radius 3 is 2.50 bits per heavy atom. The van der Waals surface area contributed by atoms with Crippen LogP contribution in [0.25, 0.3) is 0 Å². The van der Waals surface area contributed by atoms with Crippen LogP contribution >= 0.6 is 0 Å². The summed E-state index contributed by atoms with van der Waals surface area (Å²) in [6.07, 6.45) is -0.471. The Morgan fingerprint density at radius 1 is 1.17 bits per heavy atom. The van der Waals surface area contributed by atoms with Crippen molar-refractivity contribution in [3.8, 4) is 0 Å². The summed E-state index contributed by atoms with van der Waals surface area (Å²) in [4.78, 5) is 17.2. The molecule has 0 spiro atoms. The number of amides is 1. The number of nitrogens with zero attached hydrogens (tertiary/aromatic N) is 1. The number of aromatic nitrogens is 1. The lowest BCUT2D eigenvalue weighted by Crippen LogP contribution is -3.00. The van der Waals surface area contributed by atoms with Crippen molar-refractivity contribution < 1.29 is 26.8 Å². The summed E-state index contributed by atoms with van der Waals surface area (Å²) >= 11 is 0. The number of halogens is 1. The number of carbonyl (C=O) groups is 1. The minimum absolute atomic E-state index is 0. The number of anilines is 2. The fourth-order valence-electron chi connectivity index (χ4n) is 2.11. The monoisotopic (exact) mass is 350 g/mol. The Balaban J connectivity index is 0.00000288. The van der Waals surface area contributed by atoms with Gasteiger partial charge in [0.1, 0.15) is 11.5 Å². The van der Waals surface area contributed by atoms with E-state index >= 15 is 0 Å². The van der Waals surface area contributed by atoms with E-state index in [9.17, 15) is 4.79 Å². The number of nitrogens with one attached hydrogen (secondary N) is 3. The molecule has 1 aromatic heterocycles. The third-order valence-electron chi connectivity index (χ3n) is 3.20. The van der Waals surface area contributed by atoms with E-state index < -0.39 is 6.09 Å². The molecule has 0 atom stereocenters. The first kappa shape index (κ1) is 19.7. The summed E-state index contributed by atoms with van der Waals surface area (Å²) in [7, 11) is 3.92. The van der Waals surface area contributed by atoms with Crippen molar-refractivity contribution in [2.75, 3.05) is 31.3 Å². The molecule has 0 aliphatic heterocycles. The molecule has 24 heavy (non-hydrogen) atoms. The lowest BCUT2D eigenvalue weighted by Gasteiger charge is -2.14. The topological polar surface area (TPSA) is 67.7 Å². The van der Waals surface area contributed by atoms with Gasteiger partial charge in [0.15, 0.2) is 0 Å². The van der Waals surface area contributed by atoms with Crippen LogP contribution in [0.4, 0.5) is 22.1 Å². The number of rotatable bonds is 6. The normalized spacial score (nSPS) is 10.0. The van der Waals surface area contributed by atoms with Gasteiger partial charge in [-0.15, -0.1) is 0 Å². The maximum atomic E-state index is 11.6. The molecule has 0 radical (unpaired) electrons. The predicted octanol–water partition coefficient (Wildman–Crippen LogP) is -0.958. The largest absolute Gasteiger partial charge is 1.00 e. The maximum absolute atomic E-state index is 11.6. The van der Waals surface area contributed by atoms with Crippen LogP contribution in [0.15, 0.2) is 42.5 Å². The second kappa shape index (κ2) is 9.75. The molecule has 0 fully saturated rings. The minimum Gasteiger partial charge on any atom is -1.00 e. The molecule has 7 heteroatoms. The summed E-state index contributed by atoms with van der Waals surface area (Å²) in [6, 6.07) is 13.8. The van der Waals surface area contributed by atoms with Crippen molar-refractivity contribution >= 4 is 23.4 Å². The fourth-order valence-corrected chi connectivity index (χ4v) is 2.11. The molecule has 1 heterocycles. The average Bonchev–Trinajstić information content (AvgIpc) is 2.55. The van der Waals surface area contributed by atoms with Gasteiger partial charge in [0.2, 0.25) is 0 Å². The van der Waals surface area contributed by atoms with E-state index in [-0.39, 0.29) is 12.4 Å². The van der Waals surface area contributed by atoms with E-state index in [1.54, 1.807) is 6.92 Å². The first-order valence-corrected chi connectivity index (χ1v) is 7.63. The van der Waals surface area contributed by atoms with Gasteiger partial charge in [0.05, 0.1) is 20.7 Å². The Hall–Kier alpha value is -2.31. The molecule has 1 amide bonds. The van der Waals surface area contributed by atoms with E-state index in [0.717, 1.165) is 16.5 Å². The number of ether oxygens (including phenoxy) is 1. The highest BCUT2D eigenvalue weighted by Gasteiger charge is 2.15. The van der Waals surface area contributed by atoms with E-state index in [4.69, 9.17) is 4.74 Å². The van der Waals surface area contributed by atoms with Crippen LogP contribution in [0.1, 0.15) is 12.5 Å². The number of hydrogen-bond donors (Lipinski definition) is 3. The van der Waals surface area contributed by atoms with Crippen molar-refractivity contribution in [3.05, 3.63) is 48.0 Å². The second-order valence-electron chi connectivity index (χ2n) is 5.28. The molecule has 0 saturated carbocycles. The summed E-state index contributed by atoms with van der Waals surface area (Å²) in [5.41, 5.74) is 1.83. The van der Waals surface area contributed by atoms with Gasteiger partial charge in [-0.3, -0.25) is 10.2 Å². The molecule has 1 aromatic carbocycles. The van der Waals surface area contributed by atoms with Gasteiger partial charge in [0.25, 0.3) is 5.82 Å². The summed E-state index contributed by atoms with van der Waals surface area (Å²) < 4.78 is 4.91. The van der Waals surface area contributed by atoms with E-state index in [0.29, 0.717) is 18.8 Å². The van der Waals surface area contributed by atoms with E-state index in [2.05, 4.69) is 27.8 Å². The van der Waals surface area contributed by atoms with Crippen LogP contribution in [0.2, 0.25) is 0 Å². The highest BCUT2D eigenvalue weighted by molar-refractivity contribution is 5.87. The van der Waals surface area contributed by atoms with Gasteiger partial charge >= 0.3 is 6.09 Å². The molecule has 2 aromatic rings. The zero-order valence-electron chi connectivity index (χ0n) is 14.1. The molecule has 0 saturated heterocycles. The SMILES string of the molecule is CCOC(=O)Nc1ccc(NCc2ccccc2)nc1[NH+](C)C.[Cl-]. The zero-order valence-corrected chi connectivity index (χ0v) is 14.9. The first-order chi connectivity index (χ1) is 11.1. The highest BCUT2D eigenvalue weighted by Crippen LogP contribution is 2.19. The summed E-state index contributed by atoms with van der Waals surface area (Å²) in [6.45, 7) is 2.80. The van der Waals surface area contributed by atoms with Crippen LogP contribution in [0, 0.1) is 0 Å². The molecule has 130 valence electrons. The van der Waals surface area contributed by atoms with Crippen LogP contribution in [0.3, 0.4) is 0 Å². The van der Waals surface area contributed by atoms with Crippen LogP contribution < -0.4 is 27.9 Å². The summed E-state index contributed by atoms with van der Waals surface area (Å²) in [5, 5.41) is 6.02. The predicted molar refractivity (Wildman–Crippen MR) is 91.1 cm³/mol. The van der Waals surface area contributed by atoms with Gasteiger partial charge in [-0.25, -0.2) is 4.79 Å². The lowest BCUT2D eigenvalue weighted by atomic mass is 10.2. The number of carbonyl (C=O) groups excluding carboxylic acids is 1. The van der Waals surface area contributed by atoms with Crippen LogP contribution in [-0.2, 0) is 11.3 Å². The maximum Gasteiger partial charge on any atom is 0.411 e. The molecule has 6 nitrogen and oxygen atoms in total. The summed E-state index contributed by atoms with van der Waals surface area (Å²) in [5.74, 6) is 1.51. The van der Waals surface area contributed by atoms with Crippen LogP contribution in [0.5, 0.6) is 0 Å². The third kappa shape index (κ3) is 5.72. The molecule has 0 aliphatic rings. The number of hydrogen-bond acceptors (Lipinski definition) is 4.